The van der Waals surface area contributed by atoms with Crippen LogP contribution in [0.1, 0.15) is 28.8 Å². The molecule has 1 aromatic heterocycles. The van der Waals surface area contributed by atoms with Crippen molar-refractivity contribution >= 4 is 11.7 Å². The summed E-state index contributed by atoms with van der Waals surface area (Å²) in [7, 11) is 0. The van der Waals surface area contributed by atoms with Crippen LogP contribution in [0.15, 0.2) is 36.5 Å². The van der Waals surface area contributed by atoms with Crippen LogP contribution in [-0.4, -0.2) is 30.1 Å². The first-order valence-corrected chi connectivity index (χ1v) is 7.86. The van der Waals surface area contributed by atoms with Gasteiger partial charge in [-0.2, -0.15) is 0 Å². The van der Waals surface area contributed by atoms with E-state index in [9.17, 15) is 4.79 Å². The maximum Gasteiger partial charge on any atom is 0.251 e. The molecule has 0 spiro atoms. The zero-order valence-electron chi connectivity index (χ0n) is 13.2. The molecule has 5 heteroatoms. The van der Waals surface area contributed by atoms with Gasteiger partial charge in [0.25, 0.3) is 5.91 Å². The molecule has 1 atom stereocenters. The number of hydrogen-bond acceptors (Lipinski definition) is 4. The van der Waals surface area contributed by atoms with Crippen LogP contribution in [0.2, 0.25) is 0 Å². The van der Waals surface area contributed by atoms with Crippen molar-refractivity contribution < 1.29 is 9.53 Å². The molecule has 0 saturated carbocycles. The summed E-state index contributed by atoms with van der Waals surface area (Å²) < 4.78 is 5.51. The zero-order valence-corrected chi connectivity index (χ0v) is 13.2. The van der Waals surface area contributed by atoms with Gasteiger partial charge in [0.1, 0.15) is 5.82 Å². The number of benzene rings is 1. The Morgan fingerprint density at radius 2 is 2.13 bits per heavy atom. The Hall–Kier alpha value is -2.40. The number of nitrogens with zero attached hydrogens (tertiary/aromatic N) is 1. The molecular weight excluding hydrogens is 290 g/mol. The monoisotopic (exact) mass is 311 g/mol. The SMILES string of the molecule is Cc1cc(-c2ccc(C(=O)NC[C@@H]3CCCO3)cc2)cnc1N. The number of anilines is 1. The van der Waals surface area contributed by atoms with Gasteiger partial charge in [-0.25, -0.2) is 4.98 Å². The third kappa shape index (κ3) is 3.68. The Morgan fingerprint density at radius 3 is 2.78 bits per heavy atom. The molecule has 3 rings (SSSR count). The Morgan fingerprint density at radius 1 is 1.35 bits per heavy atom. The molecule has 120 valence electrons. The van der Waals surface area contributed by atoms with Gasteiger partial charge in [-0.1, -0.05) is 12.1 Å². The van der Waals surface area contributed by atoms with Crippen LogP contribution < -0.4 is 11.1 Å². The molecule has 5 nitrogen and oxygen atoms in total. The third-order valence-corrected chi connectivity index (χ3v) is 4.11. The van der Waals surface area contributed by atoms with Crippen LogP contribution in [0.4, 0.5) is 5.82 Å². The highest BCUT2D eigenvalue weighted by Gasteiger charge is 2.16. The number of carbonyl (C=O) groups excluding carboxylic acids is 1. The van der Waals surface area contributed by atoms with Crippen LogP contribution in [-0.2, 0) is 4.74 Å². The van der Waals surface area contributed by atoms with Gasteiger partial charge in [0.2, 0.25) is 0 Å². The predicted molar refractivity (Wildman–Crippen MR) is 90.1 cm³/mol. The van der Waals surface area contributed by atoms with Crippen molar-refractivity contribution in [3.05, 3.63) is 47.7 Å². The van der Waals surface area contributed by atoms with Gasteiger partial charge >= 0.3 is 0 Å². The summed E-state index contributed by atoms with van der Waals surface area (Å²) in [5, 5.41) is 2.92. The molecule has 0 radical (unpaired) electrons. The summed E-state index contributed by atoms with van der Waals surface area (Å²) in [6.45, 7) is 3.30. The molecular formula is C18H21N3O2. The number of ether oxygens (including phenoxy) is 1. The highest BCUT2D eigenvalue weighted by molar-refractivity contribution is 5.94. The van der Waals surface area contributed by atoms with Gasteiger partial charge in [-0.3, -0.25) is 4.79 Å². The average molecular weight is 311 g/mol. The number of aryl methyl sites for hydroxylation is 1. The average Bonchev–Trinajstić information content (AvgIpc) is 3.09. The van der Waals surface area contributed by atoms with Crippen molar-refractivity contribution in [2.24, 2.45) is 0 Å². The molecule has 0 aliphatic carbocycles. The van der Waals surface area contributed by atoms with Crippen molar-refractivity contribution in [3.63, 3.8) is 0 Å². The number of nitrogens with two attached hydrogens (primary N) is 1. The smallest absolute Gasteiger partial charge is 0.251 e. The Bertz CT molecular complexity index is 692. The highest BCUT2D eigenvalue weighted by atomic mass is 16.5. The lowest BCUT2D eigenvalue weighted by atomic mass is 10.0. The first kappa shape index (κ1) is 15.5. The normalized spacial score (nSPS) is 17.2. The molecule has 3 N–H and O–H groups in total. The molecule has 23 heavy (non-hydrogen) atoms. The first-order valence-electron chi connectivity index (χ1n) is 7.86. The molecule has 0 unspecified atom stereocenters. The Kier molecular flexibility index (Phi) is 4.57. The fourth-order valence-electron chi connectivity index (χ4n) is 2.67. The van der Waals surface area contributed by atoms with Gasteiger partial charge < -0.3 is 15.8 Å². The van der Waals surface area contributed by atoms with Crippen molar-refractivity contribution in [2.45, 2.75) is 25.9 Å². The van der Waals surface area contributed by atoms with E-state index in [0.717, 1.165) is 36.1 Å². The van der Waals surface area contributed by atoms with E-state index >= 15 is 0 Å². The van der Waals surface area contributed by atoms with E-state index in [-0.39, 0.29) is 12.0 Å². The summed E-state index contributed by atoms with van der Waals surface area (Å²) in [6.07, 6.45) is 3.99. The lowest BCUT2D eigenvalue weighted by Gasteiger charge is -2.11. The van der Waals surface area contributed by atoms with Crippen LogP contribution in [0.3, 0.4) is 0 Å². The molecule has 2 aromatic rings. The number of nitrogen functional groups attached to an aromatic ring is 1. The zero-order chi connectivity index (χ0) is 16.2. The maximum atomic E-state index is 12.2. The fraction of sp³-hybridized carbons (Fsp3) is 0.333. The minimum Gasteiger partial charge on any atom is -0.383 e. The Balaban J connectivity index is 1.66. The van der Waals surface area contributed by atoms with Crippen molar-refractivity contribution in [2.75, 3.05) is 18.9 Å². The number of amides is 1. The van der Waals surface area contributed by atoms with Gasteiger partial charge in [-0.15, -0.1) is 0 Å². The van der Waals surface area contributed by atoms with Crippen molar-refractivity contribution in [1.29, 1.82) is 0 Å². The summed E-state index contributed by atoms with van der Waals surface area (Å²) in [6, 6.07) is 9.49. The number of carbonyl (C=O) groups is 1. The van der Waals surface area contributed by atoms with Crippen LogP contribution >= 0.6 is 0 Å². The van der Waals surface area contributed by atoms with E-state index < -0.39 is 0 Å². The van der Waals surface area contributed by atoms with E-state index in [1.165, 1.54) is 0 Å². The number of aromatic nitrogens is 1. The molecule has 2 heterocycles. The minimum absolute atomic E-state index is 0.0707. The predicted octanol–water partition coefficient (Wildman–Crippen LogP) is 2.55. The summed E-state index contributed by atoms with van der Waals surface area (Å²) in [5.74, 6) is 0.470. The molecule has 1 aliphatic heterocycles. The van der Waals surface area contributed by atoms with E-state index in [4.69, 9.17) is 10.5 Å². The fourth-order valence-corrected chi connectivity index (χ4v) is 2.67. The first-order chi connectivity index (χ1) is 11.1. The van der Waals surface area contributed by atoms with Gasteiger partial charge in [-0.05, 0) is 49.1 Å². The van der Waals surface area contributed by atoms with Crippen LogP contribution in [0.5, 0.6) is 0 Å². The van der Waals surface area contributed by atoms with E-state index in [0.29, 0.717) is 17.9 Å². The largest absolute Gasteiger partial charge is 0.383 e. The van der Waals surface area contributed by atoms with Crippen molar-refractivity contribution in [1.82, 2.24) is 10.3 Å². The van der Waals surface area contributed by atoms with Crippen LogP contribution in [0, 0.1) is 6.92 Å². The minimum atomic E-state index is -0.0707. The lowest BCUT2D eigenvalue weighted by Crippen LogP contribution is -2.31. The topological polar surface area (TPSA) is 77.2 Å². The van der Waals surface area contributed by atoms with E-state index in [2.05, 4.69) is 10.3 Å². The molecule has 1 aliphatic rings. The number of nitrogens with one attached hydrogen (secondary N) is 1. The number of hydrogen-bond donors (Lipinski definition) is 2. The number of pyridine rings is 1. The van der Waals surface area contributed by atoms with Gasteiger partial charge in [0, 0.05) is 30.5 Å². The summed E-state index contributed by atoms with van der Waals surface area (Å²) in [5.41, 5.74) is 9.33. The molecule has 1 fully saturated rings. The lowest BCUT2D eigenvalue weighted by molar-refractivity contribution is 0.0858. The highest BCUT2D eigenvalue weighted by Crippen LogP contribution is 2.22. The second-order valence-corrected chi connectivity index (χ2v) is 5.85. The molecule has 1 saturated heterocycles. The second kappa shape index (κ2) is 6.79. The quantitative estimate of drug-likeness (QED) is 0.909. The molecule has 0 bridgehead atoms. The van der Waals surface area contributed by atoms with E-state index in [1.54, 1.807) is 6.20 Å². The number of rotatable bonds is 4. The van der Waals surface area contributed by atoms with Gasteiger partial charge in [0.05, 0.1) is 6.10 Å². The summed E-state index contributed by atoms with van der Waals surface area (Å²) >= 11 is 0. The van der Waals surface area contributed by atoms with Gasteiger partial charge in [0.15, 0.2) is 0 Å². The molecule has 1 amide bonds. The second-order valence-electron chi connectivity index (χ2n) is 5.85. The summed E-state index contributed by atoms with van der Waals surface area (Å²) in [4.78, 5) is 16.3. The third-order valence-electron chi connectivity index (χ3n) is 4.11. The van der Waals surface area contributed by atoms with Crippen molar-refractivity contribution in [3.8, 4) is 11.1 Å². The Labute approximate surface area is 135 Å². The maximum absolute atomic E-state index is 12.2. The molecule has 1 aromatic carbocycles. The van der Waals surface area contributed by atoms with E-state index in [1.807, 2.05) is 37.3 Å². The standard InChI is InChI=1S/C18H21N3O2/c1-12-9-15(10-20-17(12)19)13-4-6-14(7-5-13)18(22)21-11-16-3-2-8-23-16/h4-7,9-10,16H,2-3,8,11H2,1H3,(H2,19,20)(H,21,22)/t16-/m0/s1. The van der Waals surface area contributed by atoms with Crippen LogP contribution in [0.25, 0.3) is 11.1 Å².